The second kappa shape index (κ2) is 8.76. The molecule has 1 aromatic heterocycles. The molecule has 4 aromatic rings. The third kappa shape index (κ3) is 4.71. The van der Waals surface area contributed by atoms with Crippen molar-refractivity contribution in [1.82, 2.24) is 9.55 Å². The molecule has 0 atom stereocenters. The van der Waals surface area contributed by atoms with Crippen molar-refractivity contribution < 1.29 is 13.2 Å². The lowest BCUT2D eigenvalue weighted by atomic mass is 10.1. The Morgan fingerprint density at radius 3 is 2.48 bits per heavy atom. The standard InChI is InChI=1S/C18H16N4O.C6H5NO2S/c1-12(23)20-15-4-3-5-16-18(15)21-17(22(16)2)10-13-6-8-14(11-19)9-7-13;8-10(9)6-3-1-2-5(4-6)7-10/h3-9H,10H2,1-2H3,(H,20,23);1-4,7H. The number of aryl methyl sites for hydroxylation is 1. The molecule has 1 aliphatic rings. The van der Waals surface area contributed by atoms with Gasteiger partial charge in [0.1, 0.15) is 11.3 Å². The molecule has 1 aliphatic heterocycles. The Bertz CT molecular complexity index is 1500. The minimum atomic E-state index is -3.17. The molecule has 2 heterocycles. The molecule has 8 nitrogen and oxygen atoms in total. The lowest BCUT2D eigenvalue weighted by Crippen LogP contribution is -2.06. The second-order valence-electron chi connectivity index (χ2n) is 7.56. The van der Waals surface area contributed by atoms with E-state index < -0.39 is 10.0 Å². The van der Waals surface area contributed by atoms with Gasteiger partial charge >= 0.3 is 0 Å². The summed E-state index contributed by atoms with van der Waals surface area (Å²) in [4.78, 5) is 16.4. The van der Waals surface area contributed by atoms with Crippen molar-refractivity contribution in [3.8, 4) is 6.07 Å². The highest BCUT2D eigenvalue weighted by atomic mass is 32.2. The number of nitriles is 1. The number of rotatable bonds is 3. The van der Waals surface area contributed by atoms with Crippen LogP contribution in [0, 0.1) is 11.3 Å². The summed E-state index contributed by atoms with van der Waals surface area (Å²) >= 11 is 0. The minimum Gasteiger partial charge on any atom is -0.331 e. The summed E-state index contributed by atoms with van der Waals surface area (Å²) in [6, 6.07) is 21.9. The summed E-state index contributed by atoms with van der Waals surface area (Å²) < 4.78 is 26.3. The number of carbonyl (C=O) groups excluding carboxylic acids is 1. The maximum Gasteiger partial charge on any atom is 0.261 e. The summed E-state index contributed by atoms with van der Waals surface area (Å²) in [6.45, 7) is 1.49. The number of hydrogen-bond donors (Lipinski definition) is 2. The predicted molar refractivity (Wildman–Crippen MR) is 126 cm³/mol. The lowest BCUT2D eigenvalue weighted by Gasteiger charge is -2.03. The Kier molecular flexibility index (Phi) is 5.85. The third-order valence-electron chi connectivity index (χ3n) is 5.16. The zero-order valence-corrected chi connectivity index (χ0v) is 18.8. The molecule has 9 heteroatoms. The Morgan fingerprint density at radius 1 is 1.12 bits per heavy atom. The monoisotopic (exact) mass is 459 g/mol. The number of fused-ring (bicyclic) bond motifs is 3. The number of aromatic nitrogens is 2. The van der Waals surface area contributed by atoms with Crippen LogP contribution >= 0.6 is 0 Å². The van der Waals surface area contributed by atoms with Gasteiger partial charge in [0.15, 0.2) is 0 Å². The van der Waals surface area contributed by atoms with Gasteiger partial charge in [-0.1, -0.05) is 24.3 Å². The normalized spacial score (nSPS) is 12.9. The number of nitrogens with zero attached hydrogens (tertiary/aromatic N) is 3. The average molecular weight is 460 g/mol. The smallest absolute Gasteiger partial charge is 0.261 e. The molecule has 2 bridgehead atoms. The molecular formula is C24H21N5O3S. The van der Waals surface area contributed by atoms with Crippen LogP contribution in [-0.2, 0) is 28.3 Å². The SMILES string of the molecule is CC(=O)Nc1cccc2c1nc(Cc1ccc(C#N)cc1)n2C.O=S1(=O)Nc2cccc1c2. The average Bonchev–Trinajstić information content (AvgIpc) is 3.21. The first-order valence-corrected chi connectivity index (χ1v) is 11.6. The molecule has 0 fully saturated rings. The van der Waals surface area contributed by atoms with Gasteiger partial charge in [0.25, 0.3) is 10.0 Å². The number of nitrogens with one attached hydrogen (secondary N) is 2. The highest BCUT2D eigenvalue weighted by molar-refractivity contribution is 7.93. The van der Waals surface area contributed by atoms with Crippen LogP contribution in [0.2, 0.25) is 0 Å². The number of carbonyl (C=O) groups is 1. The second-order valence-corrected chi connectivity index (χ2v) is 9.24. The predicted octanol–water partition coefficient (Wildman–Crippen LogP) is 3.79. The van der Waals surface area contributed by atoms with E-state index in [1.165, 1.54) is 6.92 Å². The number of benzene rings is 3. The van der Waals surface area contributed by atoms with Crippen LogP contribution in [0.3, 0.4) is 0 Å². The molecule has 0 spiro atoms. The molecule has 166 valence electrons. The maximum atomic E-state index is 11.3. The molecule has 33 heavy (non-hydrogen) atoms. The summed E-state index contributed by atoms with van der Waals surface area (Å²) in [6.07, 6.45) is 0.663. The molecule has 0 unspecified atom stereocenters. The van der Waals surface area contributed by atoms with E-state index in [0.717, 1.165) is 28.1 Å². The molecule has 2 N–H and O–H groups in total. The fourth-order valence-corrected chi connectivity index (χ4v) is 4.63. The van der Waals surface area contributed by atoms with Crippen molar-refractivity contribution in [2.75, 3.05) is 10.0 Å². The molecule has 0 saturated carbocycles. The number of hydrogen-bond acceptors (Lipinski definition) is 5. The largest absolute Gasteiger partial charge is 0.331 e. The van der Waals surface area contributed by atoms with E-state index in [2.05, 4.69) is 21.1 Å². The van der Waals surface area contributed by atoms with Crippen LogP contribution in [0.4, 0.5) is 11.4 Å². The minimum absolute atomic E-state index is 0.114. The highest BCUT2D eigenvalue weighted by Gasteiger charge is 2.20. The van der Waals surface area contributed by atoms with Crippen molar-refractivity contribution in [1.29, 1.82) is 5.26 Å². The van der Waals surface area contributed by atoms with Crippen molar-refractivity contribution in [2.45, 2.75) is 18.2 Å². The first kappa shape index (κ1) is 22.0. The number of imidazole rings is 1. The molecule has 3 aromatic carbocycles. The molecule has 0 saturated heterocycles. The zero-order chi connectivity index (χ0) is 23.6. The molecule has 0 radical (unpaired) electrons. The van der Waals surface area contributed by atoms with E-state index in [-0.39, 0.29) is 5.91 Å². The molecular weight excluding hydrogens is 438 g/mol. The fourth-order valence-electron chi connectivity index (χ4n) is 3.53. The van der Waals surface area contributed by atoms with E-state index in [0.29, 0.717) is 22.6 Å². The van der Waals surface area contributed by atoms with Crippen LogP contribution in [-0.4, -0.2) is 23.9 Å². The highest BCUT2D eigenvalue weighted by Crippen LogP contribution is 2.25. The quantitative estimate of drug-likeness (QED) is 0.483. The van der Waals surface area contributed by atoms with Crippen molar-refractivity contribution in [3.63, 3.8) is 0 Å². The van der Waals surface area contributed by atoms with Gasteiger partial charge in [-0.2, -0.15) is 5.26 Å². The molecule has 0 aliphatic carbocycles. The molecule has 5 rings (SSSR count). The first-order chi connectivity index (χ1) is 15.8. The van der Waals surface area contributed by atoms with Gasteiger partial charge in [-0.15, -0.1) is 0 Å². The van der Waals surface area contributed by atoms with Gasteiger partial charge in [0.05, 0.1) is 33.4 Å². The Labute approximate surface area is 191 Å². The lowest BCUT2D eigenvalue weighted by molar-refractivity contribution is -0.114. The Hall–Kier alpha value is -4.16. The number of sulfonamides is 1. The van der Waals surface area contributed by atoms with Crippen LogP contribution in [0.5, 0.6) is 0 Å². The van der Waals surface area contributed by atoms with Crippen LogP contribution in [0.1, 0.15) is 23.9 Å². The van der Waals surface area contributed by atoms with E-state index in [9.17, 15) is 13.2 Å². The van der Waals surface area contributed by atoms with Crippen molar-refractivity contribution in [3.05, 3.63) is 83.7 Å². The topological polar surface area (TPSA) is 117 Å². The van der Waals surface area contributed by atoms with Gasteiger partial charge in [-0.3, -0.25) is 9.52 Å². The van der Waals surface area contributed by atoms with E-state index in [4.69, 9.17) is 5.26 Å². The summed E-state index contributed by atoms with van der Waals surface area (Å²) in [5.41, 5.74) is 4.86. The van der Waals surface area contributed by atoms with Gasteiger partial charge in [-0.25, -0.2) is 13.4 Å². The maximum absolute atomic E-state index is 11.3. The molecule has 1 amide bonds. The van der Waals surface area contributed by atoms with Gasteiger partial charge in [-0.05, 0) is 48.0 Å². The summed E-state index contributed by atoms with van der Waals surface area (Å²) in [7, 11) is -1.20. The number of anilines is 2. The first-order valence-electron chi connectivity index (χ1n) is 10.1. The Morgan fingerprint density at radius 2 is 1.85 bits per heavy atom. The fraction of sp³-hybridized carbons (Fsp3) is 0.125. The van der Waals surface area contributed by atoms with Gasteiger partial charge in [0.2, 0.25) is 5.91 Å². The van der Waals surface area contributed by atoms with E-state index in [1.54, 1.807) is 36.4 Å². The van der Waals surface area contributed by atoms with E-state index >= 15 is 0 Å². The number of para-hydroxylation sites is 1. The van der Waals surface area contributed by atoms with Gasteiger partial charge < -0.3 is 9.88 Å². The van der Waals surface area contributed by atoms with Gasteiger partial charge in [0, 0.05) is 20.4 Å². The third-order valence-corrected chi connectivity index (χ3v) is 6.54. The summed E-state index contributed by atoms with van der Waals surface area (Å²) in [5, 5.41) is 11.7. The van der Waals surface area contributed by atoms with Crippen LogP contribution in [0.15, 0.2) is 71.6 Å². The Balaban J connectivity index is 0.000000214. The zero-order valence-electron chi connectivity index (χ0n) is 18.0. The number of amides is 1. The van der Waals surface area contributed by atoms with E-state index in [1.807, 2.05) is 41.9 Å². The van der Waals surface area contributed by atoms with Crippen molar-refractivity contribution >= 4 is 38.3 Å². The van der Waals surface area contributed by atoms with Crippen molar-refractivity contribution in [2.24, 2.45) is 7.05 Å². The van der Waals surface area contributed by atoms with Crippen LogP contribution < -0.4 is 10.0 Å². The van der Waals surface area contributed by atoms with Crippen LogP contribution in [0.25, 0.3) is 11.0 Å². The summed E-state index contributed by atoms with van der Waals surface area (Å²) in [5.74, 6) is 0.791.